The van der Waals surface area contributed by atoms with Crippen molar-refractivity contribution in [2.45, 2.75) is 0 Å². The average molecular weight is 304 g/mol. The lowest BCUT2D eigenvalue weighted by molar-refractivity contribution is 0.415. The van der Waals surface area contributed by atoms with Gasteiger partial charge in [-0.3, -0.25) is 0 Å². The van der Waals surface area contributed by atoms with Gasteiger partial charge in [0.1, 0.15) is 5.75 Å². The number of methoxy groups -OCH3 is 1. The Bertz CT molecular complexity index is 836. The van der Waals surface area contributed by atoms with Crippen molar-refractivity contribution >= 4 is 28.7 Å². The lowest BCUT2D eigenvalue weighted by atomic mass is 10.1. The van der Waals surface area contributed by atoms with E-state index in [1.54, 1.807) is 7.11 Å². The van der Waals surface area contributed by atoms with Gasteiger partial charge in [0.15, 0.2) is 0 Å². The number of hydrogen-bond acceptors (Lipinski definition) is 3. The Balaban J connectivity index is 1.82. The quantitative estimate of drug-likeness (QED) is 0.710. The van der Waals surface area contributed by atoms with Crippen molar-refractivity contribution in [3.8, 4) is 5.75 Å². The molecule has 0 N–H and O–H groups in total. The second-order valence-corrected chi connectivity index (χ2v) is 5.61. The van der Waals surface area contributed by atoms with Gasteiger partial charge in [-0.2, -0.15) is 0 Å². The molecule has 3 heteroatoms. The number of fused-ring (bicyclic) bond motifs is 1. The molecule has 1 heterocycles. The minimum absolute atomic E-state index is 0.851. The third-order valence-electron chi connectivity index (χ3n) is 3.77. The molecule has 0 amide bonds. The maximum absolute atomic E-state index is 5.24. The van der Waals surface area contributed by atoms with E-state index >= 15 is 0 Å². The Hall–Kier alpha value is -2.81. The van der Waals surface area contributed by atoms with E-state index in [0.717, 1.165) is 27.9 Å². The van der Waals surface area contributed by atoms with Crippen LogP contribution in [0.1, 0.15) is 11.3 Å². The van der Waals surface area contributed by atoms with E-state index in [-0.39, 0.29) is 0 Å². The first-order valence-corrected chi connectivity index (χ1v) is 7.56. The first kappa shape index (κ1) is 15.1. The normalized spacial score (nSPS) is 11.1. The minimum atomic E-state index is 0.851. The van der Waals surface area contributed by atoms with Crippen LogP contribution in [0.4, 0.5) is 5.69 Å². The summed E-state index contributed by atoms with van der Waals surface area (Å²) in [5, 5.41) is 1.08. The molecule has 0 saturated carbocycles. The van der Waals surface area contributed by atoms with Gasteiger partial charge in [0.2, 0.25) is 0 Å². The van der Waals surface area contributed by atoms with Gasteiger partial charge in [-0.15, -0.1) is 0 Å². The summed E-state index contributed by atoms with van der Waals surface area (Å²) >= 11 is 0. The van der Waals surface area contributed by atoms with Gasteiger partial charge in [-0.1, -0.05) is 24.3 Å². The van der Waals surface area contributed by atoms with Crippen LogP contribution >= 0.6 is 0 Å². The molecule has 2 aromatic carbocycles. The van der Waals surface area contributed by atoms with Crippen molar-refractivity contribution in [1.82, 2.24) is 4.98 Å². The van der Waals surface area contributed by atoms with Gasteiger partial charge in [0, 0.05) is 25.2 Å². The summed E-state index contributed by atoms with van der Waals surface area (Å²) in [5.74, 6) is 0.851. The van der Waals surface area contributed by atoms with Crippen LogP contribution in [0, 0.1) is 0 Å². The highest BCUT2D eigenvalue weighted by Gasteiger charge is 1.99. The Morgan fingerprint density at radius 3 is 2.39 bits per heavy atom. The largest absolute Gasteiger partial charge is 0.497 e. The van der Waals surface area contributed by atoms with Crippen molar-refractivity contribution in [2.24, 2.45) is 0 Å². The van der Waals surface area contributed by atoms with E-state index < -0.39 is 0 Å². The van der Waals surface area contributed by atoms with Crippen molar-refractivity contribution < 1.29 is 4.74 Å². The molecular weight excluding hydrogens is 284 g/mol. The molecule has 3 nitrogen and oxygen atoms in total. The number of pyridine rings is 1. The lowest BCUT2D eigenvalue weighted by Gasteiger charge is -2.11. The number of ether oxygens (including phenoxy) is 1. The average Bonchev–Trinajstić information content (AvgIpc) is 2.59. The van der Waals surface area contributed by atoms with E-state index in [1.165, 1.54) is 5.69 Å². The monoisotopic (exact) mass is 304 g/mol. The molecule has 0 aliphatic carbocycles. The van der Waals surface area contributed by atoms with Gasteiger partial charge in [0.05, 0.1) is 18.3 Å². The van der Waals surface area contributed by atoms with Crippen LogP contribution in [0.3, 0.4) is 0 Å². The highest BCUT2D eigenvalue weighted by molar-refractivity contribution is 5.82. The number of hydrogen-bond donors (Lipinski definition) is 0. The van der Waals surface area contributed by atoms with Crippen molar-refractivity contribution in [1.29, 1.82) is 0 Å². The zero-order valence-corrected chi connectivity index (χ0v) is 13.7. The van der Waals surface area contributed by atoms with Gasteiger partial charge in [-0.05, 0) is 48.0 Å². The highest BCUT2D eigenvalue weighted by atomic mass is 16.5. The highest BCUT2D eigenvalue weighted by Crippen LogP contribution is 2.20. The van der Waals surface area contributed by atoms with Crippen LogP contribution in [0.15, 0.2) is 54.6 Å². The van der Waals surface area contributed by atoms with Gasteiger partial charge in [-0.25, -0.2) is 4.98 Å². The molecule has 116 valence electrons. The minimum Gasteiger partial charge on any atom is -0.497 e. The predicted octanol–water partition coefficient (Wildman–Crippen LogP) is 4.48. The van der Waals surface area contributed by atoms with E-state index in [9.17, 15) is 0 Å². The molecule has 0 atom stereocenters. The molecule has 0 saturated heterocycles. The van der Waals surface area contributed by atoms with E-state index in [2.05, 4.69) is 46.3 Å². The maximum atomic E-state index is 5.24. The van der Waals surface area contributed by atoms with Crippen LogP contribution in [0.5, 0.6) is 5.75 Å². The first-order valence-electron chi connectivity index (χ1n) is 7.56. The Morgan fingerprint density at radius 2 is 1.70 bits per heavy atom. The van der Waals surface area contributed by atoms with Crippen LogP contribution in [0.25, 0.3) is 23.1 Å². The lowest BCUT2D eigenvalue weighted by Crippen LogP contribution is -2.07. The molecule has 0 unspecified atom stereocenters. The Labute approximate surface area is 136 Å². The topological polar surface area (TPSA) is 25.4 Å². The molecule has 0 radical (unpaired) electrons. The molecule has 3 aromatic rings. The third kappa shape index (κ3) is 3.51. The predicted molar refractivity (Wildman–Crippen MR) is 98.0 cm³/mol. The molecular formula is C20H20N2O. The zero-order chi connectivity index (χ0) is 16.2. The fraction of sp³-hybridized carbons (Fsp3) is 0.150. The summed E-state index contributed by atoms with van der Waals surface area (Å²) in [6.07, 6.45) is 4.12. The molecule has 1 aromatic heterocycles. The SMILES string of the molecule is COc1ccc2nc(/C=C/c3ccc(N(C)C)cc3)ccc2c1. The smallest absolute Gasteiger partial charge is 0.119 e. The molecule has 0 fully saturated rings. The Kier molecular flexibility index (Phi) is 4.29. The molecule has 0 aliphatic heterocycles. The van der Waals surface area contributed by atoms with E-state index in [1.807, 2.05) is 44.4 Å². The molecule has 23 heavy (non-hydrogen) atoms. The van der Waals surface area contributed by atoms with Crippen LogP contribution < -0.4 is 9.64 Å². The summed E-state index contributed by atoms with van der Waals surface area (Å²) in [6.45, 7) is 0. The summed E-state index contributed by atoms with van der Waals surface area (Å²) in [7, 11) is 5.75. The Morgan fingerprint density at radius 1 is 0.913 bits per heavy atom. The molecule has 3 rings (SSSR count). The van der Waals surface area contributed by atoms with Crippen molar-refractivity contribution in [3.05, 3.63) is 65.9 Å². The summed E-state index contributed by atoms with van der Waals surface area (Å²) in [4.78, 5) is 6.75. The maximum Gasteiger partial charge on any atom is 0.119 e. The van der Waals surface area contributed by atoms with Crippen LogP contribution in [0.2, 0.25) is 0 Å². The van der Waals surface area contributed by atoms with E-state index in [0.29, 0.717) is 0 Å². The van der Waals surface area contributed by atoms with Gasteiger partial charge in [0.25, 0.3) is 0 Å². The van der Waals surface area contributed by atoms with E-state index in [4.69, 9.17) is 4.74 Å². The van der Waals surface area contributed by atoms with Crippen molar-refractivity contribution in [3.63, 3.8) is 0 Å². The number of anilines is 1. The third-order valence-corrected chi connectivity index (χ3v) is 3.77. The number of nitrogens with zero attached hydrogens (tertiary/aromatic N) is 2. The standard InChI is InChI=1S/C20H20N2O/c1-22(2)18-10-5-15(6-11-18)4-8-17-9-7-16-14-19(23-3)12-13-20(16)21-17/h4-14H,1-3H3/b8-4+. The molecule has 0 bridgehead atoms. The first-order chi connectivity index (χ1) is 11.2. The number of benzene rings is 2. The van der Waals surface area contributed by atoms with Crippen molar-refractivity contribution in [2.75, 3.05) is 26.1 Å². The molecule has 0 spiro atoms. The number of aromatic nitrogens is 1. The van der Waals surface area contributed by atoms with Crippen LogP contribution in [-0.2, 0) is 0 Å². The second-order valence-electron chi connectivity index (χ2n) is 5.61. The zero-order valence-electron chi connectivity index (χ0n) is 13.7. The summed E-state index contributed by atoms with van der Waals surface area (Å²) < 4.78 is 5.24. The van der Waals surface area contributed by atoms with Gasteiger partial charge >= 0.3 is 0 Å². The second kappa shape index (κ2) is 6.53. The van der Waals surface area contributed by atoms with Crippen LogP contribution in [-0.4, -0.2) is 26.2 Å². The summed E-state index contributed by atoms with van der Waals surface area (Å²) in [5.41, 5.74) is 4.27. The summed E-state index contributed by atoms with van der Waals surface area (Å²) in [6, 6.07) is 18.4. The van der Waals surface area contributed by atoms with Gasteiger partial charge < -0.3 is 9.64 Å². The fourth-order valence-corrected chi connectivity index (χ4v) is 2.40. The molecule has 0 aliphatic rings. The number of rotatable bonds is 4. The fourth-order valence-electron chi connectivity index (χ4n) is 2.40.